The highest BCUT2D eigenvalue weighted by molar-refractivity contribution is 7.22. The van der Waals surface area contributed by atoms with Gasteiger partial charge in [0.05, 0.1) is 21.3 Å². The summed E-state index contributed by atoms with van der Waals surface area (Å²) in [5.74, 6) is -1.84. The number of ether oxygens (including phenoxy) is 1. The Hall–Kier alpha value is -3.43. The van der Waals surface area contributed by atoms with E-state index in [0.29, 0.717) is 26.1 Å². The predicted octanol–water partition coefficient (Wildman–Crippen LogP) is 5.68. The summed E-state index contributed by atoms with van der Waals surface area (Å²) >= 11 is 0.765. The quantitative estimate of drug-likeness (QED) is 0.267. The van der Waals surface area contributed by atoms with E-state index in [-0.39, 0.29) is 62.3 Å². The van der Waals surface area contributed by atoms with Gasteiger partial charge in [-0.3, -0.25) is 4.90 Å². The monoisotopic (exact) mass is 649 g/mol. The van der Waals surface area contributed by atoms with Crippen LogP contribution in [0.15, 0.2) is 18.2 Å². The molecule has 0 amide bonds. The van der Waals surface area contributed by atoms with E-state index in [1.807, 2.05) is 4.90 Å². The number of nitrogens with zero attached hydrogens (tertiary/aromatic N) is 5. The summed E-state index contributed by atoms with van der Waals surface area (Å²) in [6.45, 7) is 2.04. The van der Waals surface area contributed by atoms with E-state index >= 15 is 4.39 Å². The van der Waals surface area contributed by atoms with Crippen molar-refractivity contribution in [2.24, 2.45) is 0 Å². The van der Waals surface area contributed by atoms with Crippen LogP contribution in [0.2, 0.25) is 0 Å². The van der Waals surface area contributed by atoms with Crippen molar-refractivity contribution in [3.8, 4) is 17.1 Å². The number of aromatic nitrogens is 3. The molecule has 0 saturated carbocycles. The van der Waals surface area contributed by atoms with Crippen LogP contribution in [0.1, 0.15) is 37.7 Å². The summed E-state index contributed by atoms with van der Waals surface area (Å²) in [7, 11) is 0. The van der Waals surface area contributed by atoms with Gasteiger partial charge >= 0.3 is 12.2 Å². The van der Waals surface area contributed by atoms with Gasteiger partial charge < -0.3 is 20.7 Å². The first-order valence-electron chi connectivity index (χ1n) is 15.0. The number of nitrogen functional groups attached to an aromatic ring is 1. The van der Waals surface area contributed by atoms with Crippen molar-refractivity contribution in [2.75, 3.05) is 43.4 Å². The number of benzene rings is 2. The molecule has 4 saturated heterocycles. The molecule has 8 nitrogen and oxygen atoms in total. The fraction of sp³-hybridized carbons (Fsp3) is 0.500. The van der Waals surface area contributed by atoms with E-state index in [4.69, 9.17) is 10.5 Å². The molecular weight excluding hydrogens is 620 g/mol. The first-order valence-corrected chi connectivity index (χ1v) is 15.8. The molecule has 6 heterocycles. The highest BCUT2D eigenvalue weighted by atomic mass is 32.1. The van der Waals surface area contributed by atoms with E-state index in [2.05, 4.69) is 25.2 Å². The normalized spacial score (nSPS) is 26.8. The van der Waals surface area contributed by atoms with Crippen molar-refractivity contribution in [3.05, 3.63) is 35.4 Å². The molecule has 0 spiro atoms. The third kappa shape index (κ3) is 4.76. The van der Waals surface area contributed by atoms with Crippen molar-refractivity contribution < 1.29 is 31.1 Å². The van der Waals surface area contributed by atoms with Crippen LogP contribution in [0, 0.1) is 11.6 Å². The molecule has 238 valence electrons. The lowest BCUT2D eigenvalue weighted by Crippen LogP contribution is -2.51. The van der Waals surface area contributed by atoms with Gasteiger partial charge in [0.25, 0.3) is 0 Å². The molecular formula is C30H29F6N7OS. The molecule has 4 atom stereocenters. The Morgan fingerprint density at radius 2 is 1.84 bits per heavy atom. The number of anilines is 2. The van der Waals surface area contributed by atoms with Crippen LogP contribution in [0.4, 0.5) is 37.3 Å². The maximum Gasteiger partial charge on any atom is 0.417 e. The number of piperazine rings is 1. The van der Waals surface area contributed by atoms with Crippen LogP contribution in [0.25, 0.3) is 32.2 Å². The Morgan fingerprint density at radius 1 is 1.07 bits per heavy atom. The zero-order valence-electron chi connectivity index (χ0n) is 23.9. The second-order valence-corrected chi connectivity index (χ2v) is 13.6. The fourth-order valence-electron chi connectivity index (χ4n) is 7.79. The molecule has 4 aromatic rings. The van der Waals surface area contributed by atoms with Crippen LogP contribution >= 0.6 is 11.3 Å². The van der Waals surface area contributed by atoms with E-state index < -0.39 is 40.6 Å². The topological polar surface area (TPSA) is 92.4 Å². The number of fused-ring (bicyclic) bond motifs is 5. The standard InChI is InChI=1S/C30H29F6N7OS/c31-14-9-29(6-1-7-43(29)10-14)13-44-28-40-23-18(26(41-28)42-11-15-2-3-16(12-42)38-15)8-19(30(34,35)36)21(22(23)33)17-4-5-20(32)25-24(17)39-27(37)45-25/h4-5,8,14-16,38H,1-3,6-7,9-13H2,(H2,37,39)/t14-,15-,16?,29+/m1/s1. The maximum absolute atomic E-state index is 16.8. The molecule has 8 rings (SSSR count). The van der Waals surface area contributed by atoms with Gasteiger partial charge in [-0.25, -0.2) is 18.2 Å². The lowest BCUT2D eigenvalue weighted by molar-refractivity contribution is -0.137. The molecule has 0 aliphatic carbocycles. The molecule has 15 heteroatoms. The molecule has 0 radical (unpaired) electrons. The van der Waals surface area contributed by atoms with Crippen LogP contribution in [-0.2, 0) is 6.18 Å². The predicted molar refractivity (Wildman–Crippen MR) is 158 cm³/mol. The number of nitrogens with two attached hydrogens (primary N) is 1. The fourth-order valence-corrected chi connectivity index (χ4v) is 8.56. The summed E-state index contributed by atoms with van der Waals surface area (Å²) in [4.78, 5) is 16.9. The van der Waals surface area contributed by atoms with Gasteiger partial charge in [-0.1, -0.05) is 11.3 Å². The smallest absolute Gasteiger partial charge is 0.417 e. The Bertz CT molecular complexity index is 1820. The summed E-state index contributed by atoms with van der Waals surface area (Å²) in [6, 6.07) is 2.94. The van der Waals surface area contributed by atoms with Crippen LogP contribution in [-0.4, -0.2) is 76.4 Å². The van der Waals surface area contributed by atoms with Crippen LogP contribution < -0.4 is 20.7 Å². The molecule has 4 aliphatic rings. The van der Waals surface area contributed by atoms with Gasteiger partial charge in [0.2, 0.25) is 0 Å². The molecule has 4 aliphatic heterocycles. The number of nitrogens with one attached hydrogen (secondary N) is 1. The van der Waals surface area contributed by atoms with Crippen LogP contribution in [0.5, 0.6) is 6.01 Å². The van der Waals surface area contributed by atoms with Crippen molar-refractivity contribution >= 4 is 43.4 Å². The van der Waals surface area contributed by atoms with Gasteiger partial charge in [-0.2, -0.15) is 23.1 Å². The minimum atomic E-state index is -4.99. The third-order valence-corrected chi connectivity index (χ3v) is 10.6. The zero-order chi connectivity index (χ0) is 31.2. The second-order valence-electron chi connectivity index (χ2n) is 12.6. The lowest BCUT2D eigenvalue weighted by Gasteiger charge is -2.35. The second kappa shape index (κ2) is 10.3. The summed E-state index contributed by atoms with van der Waals surface area (Å²) in [5, 5.41) is 3.31. The number of halogens is 6. The molecule has 1 unspecified atom stereocenters. The molecule has 45 heavy (non-hydrogen) atoms. The molecule has 2 aromatic carbocycles. The van der Waals surface area contributed by atoms with Gasteiger partial charge in [-0.15, -0.1) is 0 Å². The lowest BCUT2D eigenvalue weighted by atomic mass is 9.95. The van der Waals surface area contributed by atoms with E-state index in [9.17, 15) is 22.0 Å². The van der Waals surface area contributed by atoms with Gasteiger partial charge in [0.15, 0.2) is 10.9 Å². The SMILES string of the molecule is Nc1nc2c(-c3c(C(F)(F)F)cc4c(N5CC6CC[C@H](C5)N6)nc(OC[C@@]56CCCN5C[C@H](F)C6)nc4c3F)ccc(F)c2s1. The first kappa shape index (κ1) is 29.0. The van der Waals surface area contributed by atoms with Crippen molar-refractivity contribution in [1.82, 2.24) is 25.2 Å². The van der Waals surface area contributed by atoms with Crippen LogP contribution in [0.3, 0.4) is 0 Å². The number of hydrogen-bond donors (Lipinski definition) is 2. The number of rotatable bonds is 5. The molecule has 2 bridgehead atoms. The Labute approximate surface area is 257 Å². The van der Waals surface area contributed by atoms with Gasteiger partial charge in [0.1, 0.15) is 29.9 Å². The number of alkyl halides is 4. The largest absolute Gasteiger partial charge is 0.461 e. The average molecular weight is 650 g/mol. The van der Waals surface area contributed by atoms with Gasteiger partial charge in [-0.05, 0) is 50.4 Å². The summed E-state index contributed by atoms with van der Waals surface area (Å²) < 4.78 is 96.1. The highest BCUT2D eigenvalue weighted by Crippen LogP contribution is 2.47. The van der Waals surface area contributed by atoms with Crippen molar-refractivity contribution in [3.63, 3.8) is 0 Å². The third-order valence-electron chi connectivity index (χ3n) is 9.72. The maximum atomic E-state index is 16.8. The average Bonchev–Trinajstić information content (AvgIpc) is 3.73. The molecule has 4 fully saturated rings. The van der Waals surface area contributed by atoms with E-state index in [1.54, 1.807) is 0 Å². The minimum absolute atomic E-state index is 0.0664. The number of hydrogen-bond acceptors (Lipinski definition) is 9. The first-order chi connectivity index (χ1) is 21.5. The summed E-state index contributed by atoms with van der Waals surface area (Å²) in [5.41, 5.74) is 2.39. The minimum Gasteiger partial charge on any atom is -0.461 e. The Balaban J connectivity index is 1.32. The highest BCUT2D eigenvalue weighted by Gasteiger charge is 2.49. The van der Waals surface area contributed by atoms with Crippen molar-refractivity contribution in [2.45, 2.75) is 62.1 Å². The molecule has 2 aromatic heterocycles. The van der Waals surface area contributed by atoms with E-state index in [1.165, 1.54) is 0 Å². The van der Waals surface area contributed by atoms with E-state index in [0.717, 1.165) is 61.8 Å². The Morgan fingerprint density at radius 3 is 2.60 bits per heavy atom. The number of thiazole rings is 1. The summed E-state index contributed by atoms with van der Waals surface area (Å²) in [6.07, 6.45) is -2.28. The Kier molecular flexibility index (Phi) is 6.63. The zero-order valence-corrected chi connectivity index (χ0v) is 24.7. The van der Waals surface area contributed by atoms with Crippen molar-refractivity contribution in [1.29, 1.82) is 0 Å². The van der Waals surface area contributed by atoms with Gasteiger partial charge in [0, 0.05) is 54.7 Å². The molecule has 3 N–H and O–H groups in total.